The topological polar surface area (TPSA) is 33.5 Å². The molecule has 2 aromatic rings. The highest BCUT2D eigenvalue weighted by Gasteiger charge is 2.13. The van der Waals surface area contributed by atoms with Crippen LogP contribution in [0.4, 0.5) is 0 Å². The molecule has 1 heterocycles. The van der Waals surface area contributed by atoms with E-state index in [0.717, 1.165) is 17.6 Å². The molecule has 5 heteroatoms. The summed E-state index contributed by atoms with van der Waals surface area (Å²) in [6, 6.07) is 12.3. The van der Waals surface area contributed by atoms with E-state index in [0.29, 0.717) is 13.1 Å². The summed E-state index contributed by atoms with van der Waals surface area (Å²) in [5.41, 5.74) is 1.25. The third-order valence-corrected chi connectivity index (χ3v) is 4.72. The summed E-state index contributed by atoms with van der Waals surface area (Å²) in [5.74, 6) is 0.109. The molecule has 1 aromatic carbocycles. The Labute approximate surface area is 138 Å². The Morgan fingerprint density at radius 2 is 2.05 bits per heavy atom. The Morgan fingerprint density at radius 1 is 1.29 bits per heavy atom. The molecule has 0 aliphatic carbocycles. The lowest BCUT2D eigenvalue weighted by molar-refractivity contribution is -0.904. The number of likely N-dealkylation sites (N-methyl/N-ethyl adjacent to an activating group) is 1. The van der Waals surface area contributed by atoms with E-state index in [4.69, 9.17) is 0 Å². The molecule has 0 saturated carbocycles. The number of carbonyl (C=O) groups is 1. The van der Waals surface area contributed by atoms with Gasteiger partial charge in [0.25, 0.3) is 5.91 Å². The highest BCUT2D eigenvalue weighted by atomic mass is 79.9. The highest BCUT2D eigenvalue weighted by molar-refractivity contribution is 9.10. The normalized spacial score (nSPS) is 12.1. The van der Waals surface area contributed by atoms with Crippen LogP contribution in [0.1, 0.15) is 17.4 Å². The van der Waals surface area contributed by atoms with Gasteiger partial charge in [-0.1, -0.05) is 34.1 Å². The van der Waals surface area contributed by atoms with Gasteiger partial charge in [0.1, 0.15) is 6.54 Å². The van der Waals surface area contributed by atoms with Crippen molar-refractivity contribution < 1.29 is 9.69 Å². The van der Waals surface area contributed by atoms with E-state index in [1.807, 2.05) is 29.6 Å². The molecule has 0 spiro atoms. The predicted octanol–water partition coefficient (Wildman–Crippen LogP) is 2.23. The lowest BCUT2D eigenvalue weighted by Gasteiger charge is -2.17. The Bertz CT molecular complexity index is 554. The smallest absolute Gasteiger partial charge is 0.275 e. The van der Waals surface area contributed by atoms with E-state index in [1.165, 1.54) is 15.3 Å². The van der Waals surface area contributed by atoms with Crippen LogP contribution in [0.25, 0.3) is 0 Å². The zero-order valence-electron chi connectivity index (χ0n) is 12.1. The van der Waals surface area contributed by atoms with E-state index in [9.17, 15) is 4.79 Å². The fourth-order valence-corrected chi connectivity index (χ4v) is 3.00. The summed E-state index contributed by atoms with van der Waals surface area (Å²) < 4.78 is 1.08. The maximum atomic E-state index is 12.0. The molecule has 0 fully saturated rings. The molecule has 2 N–H and O–H groups in total. The van der Waals surface area contributed by atoms with Crippen LogP contribution < -0.4 is 10.2 Å². The lowest BCUT2D eigenvalue weighted by atomic mass is 10.2. The van der Waals surface area contributed by atoms with Crippen molar-refractivity contribution in [3.63, 3.8) is 0 Å². The van der Waals surface area contributed by atoms with Gasteiger partial charge in [0.15, 0.2) is 6.54 Å². The third-order valence-electron chi connectivity index (χ3n) is 3.32. The SMILES string of the molecule is CC[NH+](CC(=O)NCc1cccs1)Cc1ccc(Br)cc1. The second-order valence-corrected chi connectivity index (χ2v) is 6.89. The fourth-order valence-electron chi connectivity index (χ4n) is 2.09. The van der Waals surface area contributed by atoms with Crippen LogP contribution in [0.3, 0.4) is 0 Å². The van der Waals surface area contributed by atoms with Crippen molar-refractivity contribution in [3.05, 3.63) is 56.7 Å². The van der Waals surface area contributed by atoms with Crippen LogP contribution in [-0.2, 0) is 17.9 Å². The molecular weight excluding hydrogens is 348 g/mol. The number of halogens is 1. The van der Waals surface area contributed by atoms with E-state index in [-0.39, 0.29) is 5.91 Å². The number of nitrogens with one attached hydrogen (secondary N) is 2. The molecule has 3 nitrogen and oxygen atoms in total. The molecule has 112 valence electrons. The van der Waals surface area contributed by atoms with Crippen LogP contribution in [-0.4, -0.2) is 19.0 Å². The van der Waals surface area contributed by atoms with Gasteiger partial charge < -0.3 is 10.2 Å². The quantitative estimate of drug-likeness (QED) is 0.772. The van der Waals surface area contributed by atoms with Crippen LogP contribution in [0.2, 0.25) is 0 Å². The van der Waals surface area contributed by atoms with Crippen molar-refractivity contribution in [3.8, 4) is 0 Å². The van der Waals surface area contributed by atoms with Crippen LogP contribution in [0.15, 0.2) is 46.3 Å². The molecule has 0 aliphatic heterocycles. The van der Waals surface area contributed by atoms with Gasteiger partial charge in [0, 0.05) is 14.9 Å². The van der Waals surface area contributed by atoms with Gasteiger partial charge in [-0.05, 0) is 30.5 Å². The molecule has 2 rings (SSSR count). The Hall–Kier alpha value is -1.17. The van der Waals surface area contributed by atoms with Gasteiger partial charge in [-0.2, -0.15) is 0 Å². The number of hydrogen-bond donors (Lipinski definition) is 2. The first-order valence-corrected chi connectivity index (χ1v) is 8.71. The van der Waals surface area contributed by atoms with Crippen molar-refractivity contribution in [1.29, 1.82) is 0 Å². The van der Waals surface area contributed by atoms with Gasteiger partial charge >= 0.3 is 0 Å². The molecule has 21 heavy (non-hydrogen) atoms. The number of rotatable bonds is 7. The van der Waals surface area contributed by atoms with Crippen LogP contribution >= 0.6 is 27.3 Å². The Kier molecular flexibility index (Phi) is 6.42. The van der Waals surface area contributed by atoms with Crippen LogP contribution in [0, 0.1) is 0 Å². The Morgan fingerprint density at radius 3 is 2.67 bits per heavy atom. The standard InChI is InChI=1S/C16H19BrN2OS/c1-2-19(11-13-5-7-14(17)8-6-13)12-16(20)18-10-15-4-3-9-21-15/h3-9H,2,10-12H2,1H3,(H,18,20)/p+1. The molecule has 0 radical (unpaired) electrons. The van der Waals surface area contributed by atoms with E-state index in [2.05, 4.69) is 40.3 Å². The van der Waals surface area contributed by atoms with E-state index >= 15 is 0 Å². The number of thiophene rings is 1. The lowest BCUT2D eigenvalue weighted by Crippen LogP contribution is -3.11. The summed E-state index contributed by atoms with van der Waals surface area (Å²) in [5, 5.41) is 5.01. The largest absolute Gasteiger partial charge is 0.346 e. The maximum absolute atomic E-state index is 12.0. The first kappa shape index (κ1) is 16.2. The number of carbonyl (C=O) groups excluding carboxylic acids is 1. The van der Waals surface area contributed by atoms with Crippen molar-refractivity contribution in [2.24, 2.45) is 0 Å². The van der Waals surface area contributed by atoms with Gasteiger partial charge in [-0.15, -0.1) is 11.3 Å². The molecule has 0 bridgehead atoms. The second-order valence-electron chi connectivity index (χ2n) is 4.94. The predicted molar refractivity (Wildman–Crippen MR) is 90.4 cm³/mol. The van der Waals surface area contributed by atoms with E-state index in [1.54, 1.807) is 11.3 Å². The molecular formula is C16H20BrN2OS+. The van der Waals surface area contributed by atoms with Gasteiger partial charge in [-0.3, -0.25) is 4.79 Å². The minimum absolute atomic E-state index is 0.109. The van der Waals surface area contributed by atoms with Crippen molar-refractivity contribution >= 4 is 33.2 Å². The zero-order chi connectivity index (χ0) is 15.1. The molecule has 0 saturated heterocycles. The van der Waals surface area contributed by atoms with E-state index < -0.39 is 0 Å². The zero-order valence-corrected chi connectivity index (χ0v) is 14.5. The summed E-state index contributed by atoms with van der Waals surface area (Å²) in [4.78, 5) is 14.5. The van der Waals surface area contributed by atoms with Crippen molar-refractivity contribution in [2.45, 2.75) is 20.0 Å². The Balaban J connectivity index is 1.80. The van der Waals surface area contributed by atoms with Crippen molar-refractivity contribution in [1.82, 2.24) is 5.32 Å². The fraction of sp³-hybridized carbons (Fsp3) is 0.312. The number of amides is 1. The summed E-state index contributed by atoms with van der Waals surface area (Å²) in [6.45, 7) is 5.06. The molecule has 1 atom stereocenters. The highest BCUT2D eigenvalue weighted by Crippen LogP contribution is 2.09. The van der Waals surface area contributed by atoms with Gasteiger partial charge in [0.05, 0.1) is 13.1 Å². The molecule has 1 amide bonds. The average Bonchev–Trinajstić information content (AvgIpc) is 3.00. The van der Waals surface area contributed by atoms with Crippen molar-refractivity contribution in [2.75, 3.05) is 13.1 Å². The average molecular weight is 368 g/mol. The number of quaternary nitrogens is 1. The summed E-state index contributed by atoms with van der Waals surface area (Å²) >= 11 is 5.11. The third kappa shape index (κ3) is 5.61. The molecule has 1 unspecified atom stereocenters. The monoisotopic (exact) mass is 367 g/mol. The van der Waals surface area contributed by atoms with Gasteiger partial charge in [-0.25, -0.2) is 0 Å². The first-order valence-electron chi connectivity index (χ1n) is 7.04. The minimum Gasteiger partial charge on any atom is -0.346 e. The molecule has 1 aromatic heterocycles. The minimum atomic E-state index is 0.109. The van der Waals surface area contributed by atoms with Crippen LogP contribution in [0.5, 0.6) is 0 Å². The van der Waals surface area contributed by atoms with Gasteiger partial charge in [0.2, 0.25) is 0 Å². The number of hydrogen-bond acceptors (Lipinski definition) is 2. The molecule has 0 aliphatic rings. The summed E-state index contributed by atoms with van der Waals surface area (Å²) in [6.07, 6.45) is 0. The second kappa shape index (κ2) is 8.32. The summed E-state index contributed by atoms with van der Waals surface area (Å²) in [7, 11) is 0. The number of benzene rings is 1. The maximum Gasteiger partial charge on any atom is 0.275 e. The first-order chi connectivity index (χ1) is 10.2.